The van der Waals surface area contributed by atoms with Crippen LogP contribution in [0.2, 0.25) is 0 Å². The van der Waals surface area contributed by atoms with Crippen molar-refractivity contribution < 1.29 is 26.3 Å². The molecular formula is C16H20F6N4. The maximum absolute atomic E-state index is 12.8. The van der Waals surface area contributed by atoms with Gasteiger partial charge in [-0.2, -0.15) is 26.3 Å². The normalized spacial score (nSPS) is 16.8. The van der Waals surface area contributed by atoms with E-state index in [0.717, 1.165) is 12.1 Å². The molecule has 0 unspecified atom stereocenters. The van der Waals surface area contributed by atoms with Crippen molar-refractivity contribution in [1.29, 1.82) is 0 Å². The van der Waals surface area contributed by atoms with Crippen LogP contribution in [0, 0.1) is 0 Å². The molecule has 1 fully saturated rings. The summed E-state index contributed by atoms with van der Waals surface area (Å²) in [5.41, 5.74) is -0.235. The summed E-state index contributed by atoms with van der Waals surface area (Å²) < 4.78 is 75.1. The minimum absolute atomic E-state index is 0.274. The fraction of sp³-hybridized carbons (Fsp3) is 0.562. The summed E-state index contributed by atoms with van der Waals surface area (Å²) in [5, 5.41) is 2.67. The second-order valence-electron chi connectivity index (χ2n) is 5.86. The number of anilines is 1. The van der Waals surface area contributed by atoms with E-state index in [1.807, 2.05) is 4.90 Å². The topological polar surface area (TPSA) is 30.9 Å². The molecule has 0 spiro atoms. The lowest BCUT2D eigenvalue weighted by Gasteiger charge is -2.37. The molecular weight excluding hydrogens is 362 g/mol. The Labute approximate surface area is 147 Å². The van der Waals surface area contributed by atoms with Gasteiger partial charge in [-0.3, -0.25) is 4.99 Å². The van der Waals surface area contributed by atoms with Crippen LogP contribution in [0.25, 0.3) is 0 Å². The molecule has 2 rings (SSSR count). The molecule has 1 N–H and O–H groups in total. The fourth-order valence-electron chi connectivity index (χ4n) is 2.70. The van der Waals surface area contributed by atoms with Gasteiger partial charge in [0.1, 0.15) is 0 Å². The highest BCUT2D eigenvalue weighted by molar-refractivity contribution is 5.80. The average Bonchev–Trinajstić information content (AvgIpc) is 2.57. The summed E-state index contributed by atoms with van der Waals surface area (Å²) in [6.07, 6.45) is -9.60. The number of nitrogens with zero attached hydrogens (tertiary/aromatic N) is 3. The Kier molecular flexibility index (Phi) is 6.25. The van der Waals surface area contributed by atoms with Crippen LogP contribution >= 0.6 is 0 Å². The van der Waals surface area contributed by atoms with Gasteiger partial charge in [0.2, 0.25) is 0 Å². The second-order valence-corrected chi connectivity index (χ2v) is 5.86. The van der Waals surface area contributed by atoms with Crippen molar-refractivity contribution >= 4 is 11.6 Å². The summed E-state index contributed by atoms with van der Waals surface area (Å²) in [6.45, 7) is 1.51. The number of halogens is 6. The number of alkyl halides is 6. The van der Waals surface area contributed by atoms with Gasteiger partial charge < -0.3 is 15.1 Å². The standard InChI is InChI=1S/C16H20F6N4/c1-23-14(24-6-5-15(17,18)19)26-9-7-25(8-10-26)13-4-2-3-12(11-13)16(20,21)22/h2-4,11H,5-10H2,1H3,(H,23,24). The summed E-state index contributed by atoms with van der Waals surface area (Å²) >= 11 is 0. The van der Waals surface area contributed by atoms with E-state index in [-0.39, 0.29) is 6.54 Å². The van der Waals surface area contributed by atoms with Crippen LogP contribution in [-0.4, -0.2) is 56.8 Å². The van der Waals surface area contributed by atoms with E-state index >= 15 is 0 Å². The largest absolute Gasteiger partial charge is 0.416 e. The van der Waals surface area contributed by atoms with Gasteiger partial charge in [0, 0.05) is 45.5 Å². The maximum atomic E-state index is 12.8. The molecule has 1 saturated heterocycles. The maximum Gasteiger partial charge on any atom is 0.416 e. The van der Waals surface area contributed by atoms with Crippen LogP contribution in [0.3, 0.4) is 0 Å². The van der Waals surface area contributed by atoms with Crippen molar-refractivity contribution in [1.82, 2.24) is 10.2 Å². The van der Waals surface area contributed by atoms with Gasteiger partial charge in [-0.25, -0.2) is 0 Å². The predicted molar refractivity (Wildman–Crippen MR) is 87.3 cm³/mol. The SMILES string of the molecule is CN=C(NCCC(F)(F)F)N1CCN(c2cccc(C(F)(F)F)c2)CC1. The fourth-order valence-corrected chi connectivity index (χ4v) is 2.70. The van der Waals surface area contributed by atoms with Crippen molar-refractivity contribution in [2.45, 2.75) is 18.8 Å². The first-order valence-corrected chi connectivity index (χ1v) is 8.05. The molecule has 146 valence electrons. The summed E-state index contributed by atoms with van der Waals surface area (Å²) in [6, 6.07) is 5.10. The average molecular weight is 382 g/mol. The first-order valence-electron chi connectivity index (χ1n) is 8.05. The Morgan fingerprint density at radius 2 is 1.73 bits per heavy atom. The predicted octanol–water partition coefficient (Wildman–Crippen LogP) is 3.36. The minimum atomic E-state index is -4.40. The third-order valence-electron chi connectivity index (χ3n) is 4.02. The smallest absolute Gasteiger partial charge is 0.368 e. The third kappa shape index (κ3) is 5.70. The molecule has 1 aromatic rings. The van der Waals surface area contributed by atoms with Gasteiger partial charge in [0.25, 0.3) is 0 Å². The first kappa shape index (κ1) is 20.2. The van der Waals surface area contributed by atoms with Crippen molar-refractivity contribution in [2.75, 3.05) is 44.7 Å². The number of benzene rings is 1. The Hall–Kier alpha value is -2.13. The van der Waals surface area contributed by atoms with Gasteiger partial charge in [-0.15, -0.1) is 0 Å². The highest BCUT2D eigenvalue weighted by atomic mass is 19.4. The van der Waals surface area contributed by atoms with Crippen molar-refractivity contribution in [3.63, 3.8) is 0 Å². The van der Waals surface area contributed by atoms with Crippen LogP contribution in [-0.2, 0) is 6.18 Å². The summed E-state index contributed by atoms with van der Waals surface area (Å²) in [4.78, 5) is 7.58. The zero-order chi connectivity index (χ0) is 19.4. The minimum Gasteiger partial charge on any atom is -0.368 e. The molecule has 0 saturated carbocycles. The lowest BCUT2D eigenvalue weighted by molar-refractivity contribution is -0.137. The molecule has 0 amide bonds. The van der Waals surface area contributed by atoms with E-state index in [1.54, 1.807) is 11.0 Å². The number of aliphatic imine (C=N–C) groups is 1. The summed E-state index contributed by atoms with van der Waals surface area (Å²) in [7, 11) is 1.48. The van der Waals surface area contributed by atoms with Crippen LogP contribution in [0.5, 0.6) is 0 Å². The molecule has 26 heavy (non-hydrogen) atoms. The number of hydrogen-bond acceptors (Lipinski definition) is 2. The van der Waals surface area contributed by atoms with E-state index in [2.05, 4.69) is 10.3 Å². The van der Waals surface area contributed by atoms with Crippen molar-refractivity contribution in [3.05, 3.63) is 29.8 Å². The lowest BCUT2D eigenvalue weighted by Crippen LogP contribution is -2.52. The van der Waals surface area contributed by atoms with E-state index < -0.39 is 24.3 Å². The van der Waals surface area contributed by atoms with E-state index in [1.165, 1.54) is 13.1 Å². The molecule has 10 heteroatoms. The van der Waals surface area contributed by atoms with Gasteiger partial charge >= 0.3 is 12.4 Å². The highest BCUT2D eigenvalue weighted by Gasteiger charge is 2.31. The number of piperazine rings is 1. The van der Waals surface area contributed by atoms with Gasteiger partial charge in [-0.05, 0) is 18.2 Å². The van der Waals surface area contributed by atoms with Crippen LogP contribution in [0.4, 0.5) is 32.0 Å². The molecule has 4 nitrogen and oxygen atoms in total. The first-order chi connectivity index (χ1) is 12.1. The number of hydrogen-bond donors (Lipinski definition) is 1. The lowest BCUT2D eigenvalue weighted by atomic mass is 10.1. The Morgan fingerprint density at radius 1 is 1.08 bits per heavy atom. The van der Waals surface area contributed by atoms with Crippen LogP contribution in [0.1, 0.15) is 12.0 Å². The number of rotatable bonds is 3. The van der Waals surface area contributed by atoms with Crippen molar-refractivity contribution in [2.24, 2.45) is 4.99 Å². The monoisotopic (exact) mass is 382 g/mol. The van der Waals surface area contributed by atoms with E-state index in [0.29, 0.717) is 37.8 Å². The molecule has 0 aliphatic carbocycles. The Bertz CT molecular complexity index is 618. The summed E-state index contributed by atoms with van der Waals surface area (Å²) in [5.74, 6) is 0.359. The molecule has 0 aromatic heterocycles. The highest BCUT2D eigenvalue weighted by Crippen LogP contribution is 2.31. The van der Waals surface area contributed by atoms with Crippen LogP contribution in [0.15, 0.2) is 29.3 Å². The number of guanidine groups is 1. The molecule has 1 aliphatic heterocycles. The van der Waals surface area contributed by atoms with E-state index in [9.17, 15) is 26.3 Å². The van der Waals surface area contributed by atoms with Crippen molar-refractivity contribution in [3.8, 4) is 0 Å². The molecule has 0 bridgehead atoms. The Balaban J connectivity index is 1.92. The van der Waals surface area contributed by atoms with Gasteiger partial charge in [0.05, 0.1) is 12.0 Å². The molecule has 1 aliphatic rings. The molecule has 1 aromatic carbocycles. The van der Waals surface area contributed by atoms with Crippen LogP contribution < -0.4 is 10.2 Å². The molecule has 0 radical (unpaired) electrons. The zero-order valence-electron chi connectivity index (χ0n) is 14.2. The van der Waals surface area contributed by atoms with Gasteiger partial charge in [0.15, 0.2) is 5.96 Å². The van der Waals surface area contributed by atoms with Gasteiger partial charge in [-0.1, -0.05) is 6.07 Å². The molecule has 0 atom stereocenters. The third-order valence-corrected chi connectivity index (χ3v) is 4.02. The quantitative estimate of drug-likeness (QED) is 0.494. The van der Waals surface area contributed by atoms with E-state index in [4.69, 9.17) is 0 Å². The zero-order valence-corrected chi connectivity index (χ0v) is 14.2. The second kappa shape index (κ2) is 8.05. The number of nitrogens with one attached hydrogen (secondary N) is 1. The Morgan fingerprint density at radius 3 is 2.27 bits per heavy atom. The molecule has 1 heterocycles.